The molecule has 1 aliphatic heterocycles. The van der Waals surface area contributed by atoms with Crippen LogP contribution in [0.3, 0.4) is 0 Å². The molecule has 0 radical (unpaired) electrons. The highest BCUT2D eigenvalue weighted by atomic mass is 16.2. The Hall–Kier alpha value is -0.700. The van der Waals surface area contributed by atoms with Crippen molar-refractivity contribution in [2.75, 3.05) is 6.54 Å². The zero-order valence-corrected chi connectivity index (χ0v) is 4.89. The van der Waals surface area contributed by atoms with E-state index >= 15 is 0 Å². The van der Waals surface area contributed by atoms with Crippen molar-refractivity contribution in [2.24, 2.45) is 5.92 Å². The molecule has 2 fully saturated rings. The number of Topliss-reactive ketones (excluding diaryl/α,β-unsaturated/α-hetero) is 2. The van der Waals surface area contributed by atoms with Crippen molar-refractivity contribution in [3.05, 3.63) is 0 Å². The van der Waals surface area contributed by atoms with E-state index in [1.54, 1.807) is 0 Å². The summed E-state index contributed by atoms with van der Waals surface area (Å²) in [6.45, 7) is 0.718. The van der Waals surface area contributed by atoms with Gasteiger partial charge < -0.3 is 5.32 Å². The van der Waals surface area contributed by atoms with E-state index in [1.165, 1.54) is 0 Å². The molecule has 2 bridgehead atoms. The molecule has 9 heavy (non-hydrogen) atoms. The van der Waals surface area contributed by atoms with Gasteiger partial charge in [0, 0.05) is 12.5 Å². The van der Waals surface area contributed by atoms with Gasteiger partial charge in [0.15, 0.2) is 0 Å². The van der Waals surface area contributed by atoms with E-state index in [2.05, 4.69) is 5.32 Å². The summed E-state index contributed by atoms with van der Waals surface area (Å²) < 4.78 is 0. The number of nitrogens with one attached hydrogen (secondary N) is 1. The Bertz CT molecular complexity index is 167. The average Bonchev–Trinajstić information content (AvgIpc) is 2.37. The first kappa shape index (κ1) is 5.11. The van der Waals surface area contributed by atoms with Gasteiger partial charge in [-0.3, -0.25) is 9.59 Å². The molecule has 0 aromatic heterocycles. The van der Waals surface area contributed by atoms with Crippen LogP contribution in [0.2, 0.25) is 0 Å². The zero-order chi connectivity index (χ0) is 6.43. The van der Waals surface area contributed by atoms with Crippen molar-refractivity contribution in [3.8, 4) is 0 Å². The van der Waals surface area contributed by atoms with E-state index in [4.69, 9.17) is 0 Å². The molecule has 2 rings (SSSR count). The Morgan fingerprint density at radius 2 is 2.11 bits per heavy atom. The normalized spacial score (nSPS) is 40.4. The SMILES string of the molecule is O=C1C(=O)[C@@H]2C[C@H]1CN2. The van der Waals surface area contributed by atoms with Gasteiger partial charge in [-0.15, -0.1) is 0 Å². The number of hydrogen-bond acceptors (Lipinski definition) is 3. The van der Waals surface area contributed by atoms with Crippen LogP contribution in [0, 0.1) is 5.92 Å². The molecular formula is C6H7NO2. The van der Waals surface area contributed by atoms with Gasteiger partial charge in [-0.05, 0) is 6.42 Å². The van der Waals surface area contributed by atoms with Crippen molar-refractivity contribution in [2.45, 2.75) is 12.5 Å². The van der Waals surface area contributed by atoms with Crippen molar-refractivity contribution in [1.82, 2.24) is 5.32 Å². The zero-order valence-electron chi connectivity index (χ0n) is 4.89. The maximum Gasteiger partial charge on any atom is 0.215 e. The molecule has 1 saturated carbocycles. The largest absolute Gasteiger partial charge is 0.306 e. The molecule has 0 spiro atoms. The van der Waals surface area contributed by atoms with Crippen LogP contribution in [-0.2, 0) is 9.59 Å². The van der Waals surface area contributed by atoms with E-state index in [9.17, 15) is 9.59 Å². The van der Waals surface area contributed by atoms with Crippen LogP contribution in [0.1, 0.15) is 6.42 Å². The summed E-state index contributed by atoms with van der Waals surface area (Å²) in [7, 11) is 0. The second kappa shape index (κ2) is 1.42. The molecule has 1 N–H and O–H groups in total. The monoisotopic (exact) mass is 125 g/mol. The van der Waals surface area contributed by atoms with Crippen LogP contribution in [0.25, 0.3) is 0 Å². The summed E-state index contributed by atoms with van der Waals surface area (Å²) in [6, 6.07) is -0.123. The van der Waals surface area contributed by atoms with Gasteiger partial charge in [0.05, 0.1) is 6.04 Å². The number of hydrogen-bond donors (Lipinski definition) is 1. The summed E-state index contributed by atoms with van der Waals surface area (Å²) in [5, 5.41) is 2.97. The summed E-state index contributed by atoms with van der Waals surface area (Å²) in [6.07, 6.45) is 0.748. The summed E-state index contributed by atoms with van der Waals surface area (Å²) >= 11 is 0. The number of fused-ring (bicyclic) bond motifs is 2. The third-order valence-electron chi connectivity index (χ3n) is 2.06. The van der Waals surface area contributed by atoms with Crippen LogP contribution in [0.5, 0.6) is 0 Å². The van der Waals surface area contributed by atoms with Gasteiger partial charge in [-0.25, -0.2) is 0 Å². The lowest BCUT2D eigenvalue weighted by Gasteiger charge is -2.06. The van der Waals surface area contributed by atoms with E-state index in [0.29, 0.717) is 0 Å². The highest BCUT2D eigenvalue weighted by Crippen LogP contribution is 2.24. The molecular weight excluding hydrogens is 118 g/mol. The summed E-state index contributed by atoms with van der Waals surface area (Å²) in [5.41, 5.74) is 0. The van der Waals surface area contributed by atoms with Crippen LogP contribution >= 0.6 is 0 Å². The smallest absolute Gasteiger partial charge is 0.215 e. The molecule has 3 heteroatoms. The molecule has 0 aromatic carbocycles. The second-order valence-electron chi connectivity index (χ2n) is 2.62. The Morgan fingerprint density at radius 3 is 2.44 bits per heavy atom. The van der Waals surface area contributed by atoms with Gasteiger partial charge in [0.2, 0.25) is 11.6 Å². The number of piperidine rings is 1. The van der Waals surface area contributed by atoms with Crippen LogP contribution in [-0.4, -0.2) is 24.2 Å². The first-order valence-corrected chi connectivity index (χ1v) is 3.10. The standard InChI is InChI=1S/C6H7NO2/c8-5-3-1-4(6(5)9)7-2-3/h3-4,7H,1-2H2/t3-,4-/m0/s1. The number of ketones is 2. The van der Waals surface area contributed by atoms with Gasteiger partial charge in [-0.1, -0.05) is 0 Å². The van der Waals surface area contributed by atoms with E-state index in [1.807, 2.05) is 0 Å². The van der Waals surface area contributed by atoms with Crippen LogP contribution in [0.15, 0.2) is 0 Å². The number of carbonyl (C=O) groups excluding carboxylic acids is 2. The summed E-state index contributed by atoms with van der Waals surface area (Å²) in [4.78, 5) is 21.5. The highest BCUT2D eigenvalue weighted by Gasteiger charge is 2.45. The lowest BCUT2D eigenvalue weighted by Crippen LogP contribution is -2.38. The van der Waals surface area contributed by atoms with Crippen LogP contribution < -0.4 is 5.32 Å². The maximum absolute atomic E-state index is 10.8. The van der Waals surface area contributed by atoms with Crippen molar-refractivity contribution >= 4 is 11.6 Å². The fourth-order valence-corrected chi connectivity index (χ4v) is 1.51. The Kier molecular flexibility index (Phi) is 0.805. The predicted molar refractivity (Wildman–Crippen MR) is 29.9 cm³/mol. The van der Waals surface area contributed by atoms with Gasteiger partial charge in [0.25, 0.3) is 0 Å². The van der Waals surface area contributed by atoms with Crippen molar-refractivity contribution in [1.29, 1.82) is 0 Å². The van der Waals surface area contributed by atoms with Gasteiger partial charge >= 0.3 is 0 Å². The minimum Gasteiger partial charge on any atom is -0.306 e. The molecule has 3 nitrogen and oxygen atoms in total. The lowest BCUT2D eigenvalue weighted by atomic mass is 10.1. The molecule has 0 amide bonds. The Balaban J connectivity index is 2.35. The second-order valence-corrected chi connectivity index (χ2v) is 2.62. The Labute approximate surface area is 52.4 Å². The lowest BCUT2D eigenvalue weighted by molar-refractivity contribution is -0.137. The first-order chi connectivity index (χ1) is 4.29. The number of rotatable bonds is 0. The molecule has 0 unspecified atom stereocenters. The van der Waals surface area contributed by atoms with E-state index in [-0.39, 0.29) is 23.5 Å². The summed E-state index contributed by atoms with van der Waals surface area (Å²) in [5.74, 6) is -0.340. The fourth-order valence-electron chi connectivity index (χ4n) is 1.51. The third kappa shape index (κ3) is 0.498. The molecule has 1 saturated heterocycles. The minimum absolute atomic E-state index is 0.0162. The molecule has 2 atom stereocenters. The molecule has 1 aliphatic carbocycles. The topological polar surface area (TPSA) is 46.2 Å². The van der Waals surface area contributed by atoms with Gasteiger partial charge in [-0.2, -0.15) is 0 Å². The van der Waals surface area contributed by atoms with E-state index in [0.717, 1.165) is 13.0 Å². The maximum atomic E-state index is 10.8. The highest BCUT2D eigenvalue weighted by molar-refractivity contribution is 6.42. The molecule has 1 heterocycles. The third-order valence-corrected chi connectivity index (χ3v) is 2.06. The predicted octanol–water partition coefficient (Wildman–Crippen LogP) is -0.884. The first-order valence-electron chi connectivity index (χ1n) is 3.10. The van der Waals surface area contributed by atoms with Crippen molar-refractivity contribution < 1.29 is 9.59 Å². The quantitative estimate of drug-likeness (QED) is 0.427. The minimum atomic E-state index is -0.203. The number of carbonyl (C=O) groups is 2. The van der Waals surface area contributed by atoms with Gasteiger partial charge in [0.1, 0.15) is 0 Å². The van der Waals surface area contributed by atoms with Crippen LogP contribution in [0.4, 0.5) is 0 Å². The molecule has 2 aliphatic rings. The Morgan fingerprint density at radius 1 is 1.33 bits per heavy atom. The van der Waals surface area contributed by atoms with E-state index < -0.39 is 0 Å². The fraction of sp³-hybridized carbons (Fsp3) is 0.667. The molecule has 0 aromatic rings. The van der Waals surface area contributed by atoms with Crippen molar-refractivity contribution in [3.63, 3.8) is 0 Å². The average molecular weight is 125 g/mol. The molecule has 48 valence electrons.